The van der Waals surface area contributed by atoms with Gasteiger partial charge >= 0.3 is 5.88 Å². The van der Waals surface area contributed by atoms with E-state index < -0.39 is 22.5 Å². The number of thiazole rings is 1. The number of anilines is 1. The molecule has 2 aromatic heterocycles. The molecule has 3 rings (SSSR count). The molecule has 142 valence electrons. The van der Waals surface area contributed by atoms with Crippen molar-refractivity contribution in [3.05, 3.63) is 52.0 Å². The lowest BCUT2D eigenvalue weighted by molar-refractivity contribution is -0.402. The largest absolute Gasteiger partial charge is 0.433 e. The predicted octanol–water partition coefficient (Wildman–Crippen LogP) is 3.54. The number of para-hydroxylation sites is 1. The standard InChI is InChI=1S/C17H17FN4O4S/c1-20(2)9-4-10-21(16(23)12-7-8-14(26-12)22(24)25)17-19-15-11(18)5-3-6-13(15)27-17/h3,5-8H,4,9-10H2,1-2H3. The molecule has 0 N–H and O–H groups in total. The molecule has 0 aliphatic carbocycles. The zero-order valence-corrected chi connectivity index (χ0v) is 15.5. The van der Waals surface area contributed by atoms with Crippen molar-refractivity contribution in [3.63, 3.8) is 0 Å². The molecule has 27 heavy (non-hydrogen) atoms. The fourth-order valence-corrected chi connectivity index (χ4v) is 3.53. The van der Waals surface area contributed by atoms with E-state index in [1.165, 1.54) is 28.4 Å². The number of hydrogen-bond donors (Lipinski definition) is 0. The van der Waals surface area contributed by atoms with Crippen LogP contribution in [-0.2, 0) is 0 Å². The number of fused-ring (bicyclic) bond motifs is 1. The van der Waals surface area contributed by atoms with E-state index in [1.807, 2.05) is 19.0 Å². The van der Waals surface area contributed by atoms with Gasteiger partial charge in [0.15, 0.2) is 10.9 Å². The van der Waals surface area contributed by atoms with Crippen LogP contribution in [0.1, 0.15) is 17.0 Å². The van der Waals surface area contributed by atoms with Gasteiger partial charge in [0, 0.05) is 6.54 Å². The highest BCUT2D eigenvalue weighted by Crippen LogP contribution is 2.31. The van der Waals surface area contributed by atoms with E-state index in [0.717, 1.165) is 12.6 Å². The van der Waals surface area contributed by atoms with E-state index in [1.54, 1.807) is 12.1 Å². The summed E-state index contributed by atoms with van der Waals surface area (Å²) in [5.41, 5.74) is 0.188. The van der Waals surface area contributed by atoms with Crippen molar-refractivity contribution in [2.24, 2.45) is 0 Å². The maximum absolute atomic E-state index is 14.0. The number of rotatable bonds is 7. The second-order valence-corrected chi connectivity index (χ2v) is 7.10. The van der Waals surface area contributed by atoms with Gasteiger partial charge in [-0.25, -0.2) is 9.37 Å². The predicted molar refractivity (Wildman–Crippen MR) is 99.8 cm³/mol. The van der Waals surface area contributed by atoms with E-state index >= 15 is 0 Å². The van der Waals surface area contributed by atoms with E-state index in [2.05, 4.69) is 4.98 Å². The number of carbonyl (C=O) groups excluding carboxylic acids is 1. The summed E-state index contributed by atoms with van der Waals surface area (Å²) >= 11 is 1.18. The van der Waals surface area contributed by atoms with Crippen molar-refractivity contribution in [1.82, 2.24) is 9.88 Å². The topological polar surface area (TPSA) is 92.7 Å². The van der Waals surface area contributed by atoms with Crippen LogP contribution in [0.3, 0.4) is 0 Å². The smallest absolute Gasteiger partial charge is 0.395 e. The van der Waals surface area contributed by atoms with Crippen LogP contribution in [0.2, 0.25) is 0 Å². The lowest BCUT2D eigenvalue weighted by Crippen LogP contribution is -2.33. The third-order valence-corrected chi connectivity index (χ3v) is 4.85. The van der Waals surface area contributed by atoms with Crippen molar-refractivity contribution in [2.45, 2.75) is 6.42 Å². The zero-order chi connectivity index (χ0) is 19.6. The molecule has 0 atom stereocenters. The SMILES string of the molecule is CN(C)CCCN(C(=O)c1ccc([N+](=O)[O-])o1)c1nc2c(F)cccc2s1. The molecule has 0 aliphatic rings. The zero-order valence-electron chi connectivity index (χ0n) is 14.7. The minimum Gasteiger partial charge on any atom is -0.395 e. The van der Waals surface area contributed by atoms with Crippen molar-refractivity contribution in [2.75, 3.05) is 32.1 Å². The monoisotopic (exact) mass is 392 g/mol. The van der Waals surface area contributed by atoms with Gasteiger partial charge in [-0.15, -0.1) is 0 Å². The van der Waals surface area contributed by atoms with Gasteiger partial charge in [0.05, 0.1) is 10.8 Å². The first-order chi connectivity index (χ1) is 12.9. The number of carbonyl (C=O) groups is 1. The molecule has 0 radical (unpaired) electrons. The summed E-state index contributed by atoms with van der Waals surface area (Å²) in [5.74, 6) is -1.70. The summed E-state index contributed by atoms with van der Waals surface area (Å²) in [4.78, 5) is 30.6. The van der Waals surface area contributed by atoms with Gasteiger partial charge in [-0.1, -0.05) is 17.4 Å². The molecule has 0 unspecified atom stereocenters. The Morgan fingerprint density at radius 1 is 1.30 bits per heavy atom. The van der Waals surface area contributed by atoms with Crippen LogP contribution >= 0.6 is 11.3 Å². The highest BCUT2D eigenvalue weighted by molar-refractivity contribution is 7.22. The minimum atomic E-state index is -0.708. The number of hydrogen-bond acceptors (Lipinski definition) is 7. The molecule has 8 nitrogen and oxygen atoms in total. The molecule has 1 aromatic carbocycles. The first-order valence-electron chi connectivity index (χ1n) is 8.12. The Balaban J connectivity index is 1.94. The molecule has 0 fully saturated rings. The van der Waals surface area contributed by atoms with Crippen LogP contribution in [0, 0.1) is 15.9 Å². The Morgan fingerprint density at radius 3 is 2.70 bits per heavy atom. The van der Waals surface area contributed by atoms with E-state index in [-0.39, 0.29) is 11.3 Å². The summed E-state index contributed by atoms with van der Waals surface area (Å²) < 4.78 is 19.6. The number of halogens is 1. The van der Waals surface area contributed by atoms with E-state index in [4.69, 9.17) is 4.42 Å². The van der Waals surface area contributed by atoms with Crippen LogP contribution in [0.5, 0.6) is 0 Å². The molecular formula is C17H17FN4O4S. The maximum atomic E-state index is 14.0. The van der Waals surface area contributed by atoms with Crippen LogP contribution in [0.4, 0.5) is 15.4 Å². The summed E-state index contributed by atoms with van der Waals surface area (Å²) in [7, 11) is 3.82. The van der Waals surface area contributed by atoms with Gasteiger partial charge in [-0.3, -0.25) is 19.8 Å². The third-order valence-electron chi connectivity index (χ3n) is 3.80. The Bertz CT molecular complexity index is 984. The molecule has 2 heterocycles. The first-order valence-corrected chi connectivity index (χ1v) is 8.94. The molecule has 0 bridgehead atoms. The van der Waals surface area contributed by atoms with Crippen LogP contribution in [-0.4, -0.2) is 47.9 Å². The Labute approximate surface area is 158 Å². The quantitative estimate of drug-likeness (QED) is 0.451. The lowest BCUT2D eigenvalue weighted by Gasteiger charge is -2.19. The highest BCUT2D eigenvalue weighted by atomic mass is 32.1. The summed E-state index contributed by atoms with van der Waals surface area (Å²) in [5, 5.41) is 11.1. The number of nitrogens with zero attached hydrogens (tertiary/aromatic N) is 4. The number of aromatic nitrogens is 1. The average Bonchev–Trinajstić information content (AvgIpc) is 3.25. The number of nitro groups is 1. The summed E-state index contributed by atoms with van der Waals surface area (Å²) in [6.45, 7) is 1.04. The first kappa shape index (κ1) is 18.9. The van der Waals surface area contributed by atoms with Gasteiger partial charge in [-0.05, 0) is 45.3 Å². The van der Waals surface area contributed by atoms with Crippen molar-refractivity contribution >= 4 is 38.5 Å². The van der Waals surface area contributed by atoms with Crippen LogP contribution in [0.15, 0.2) is 34.7 Å². The third kappa shape index (κ3) is 4.12. The second kappa shape index (κ2) is 7.80. The fourth-order valence-electron chi connectivity index (χ4n) is 2.52. The number of amides is 1. The fraction of sp³-hybridized carbons (Fsp3) is 0.294. The molecule has 0 saturated heterocycles. The van der Waals surface area contributed by atoms with E-state index in [0.29, 0.717) is 22.8 Å². The van der Waals surface area contributed by atoms with Gasteiger partial charge in [-0.2, -0.15) is 0 Å². The van der Waals surface area contributed by atoms with Gasteiger partial charge in [0.2, 0.25) is 0 Å². The second-order valence-electron chi connectivity index (χ2n) is 6.09. The molecule has 1 amide bonds. The Kier molecular flexibility index (Phi) is 5.47. The molecule has 0 spiro atoms. The number of furan rings is 1. The van der Waals surface area contributed by atoms with Gasteiger partial charge in [0.25, 0.3) is 5.91 Å². The van der Waals surface area contributed by atoms with Gasteiger partial charge < -0.3 is 9.32 Å². The molecule has 0 aliphatic heterocycles. The summed E-state index contributed by atoms with van der Waals surface area (Å²) in [6.07, 6.45) is 0.639. The molecule has 3 aromatic rings. The lowest BCUT2D eigenvalue weighted by atomic mass is 10.3. The van der Waals surface area contributed by atoms with Crippen molar-refractivity contribution in [3.8, 4) is 0 Å². The van der Waals surface area contributed by atoms with Gasteiger partial charge in [0.1, 0.15) is 16.3 Å². The normalized spacial score (nSPS) is 11.3. The van der Waals surface area contributed by atoms with E-state index in [9.17, 15) is 19.3 Å². The number of benzene rings is 1. The molecule has 10 heteroatoms. The average molecular weight is 392 g/mol. The van der Waals surface area contributed by atoms with Crippen molar-refractivity contribution < 1.29 is 18.5 Å². The molecule has 0 saturated carbocycles. The highest BCUT2D eigenvalue weighted by Gasteiger charge is 2.26. The van der Waals surface area contributed by atoms with Crippen LogP contribution in [0.25, 0.3) is 10.2 Å². The Hall–Kier alpha value is -2.85. The molecular weight excluding hydrogens is 375 g/mol. The Morgan fingerprint density at radius 2 is 2.07 bits per heavy atom. The maximum Gasteiger partial charge on any atom is 0.433 e. The summed E-state index contributed by atoms with van der Waals surface area (Å²) in [6, 6.07) is 6.99. The minimum absolute atomic E-state index is 0.161. The van der Waals surface area contributed by atoms with Crippen molar-refractivity contribution in [1.29, 1.82) is 0 Å². The van der Waals surface area contributed by atoms with Crippen LogP contribution < -0.4 is 4.90 Å².